The van der Waals surface area contributed by atoms with Crippen LogP contribution in [0, 0.1) is 11.3 Å². The van der Waals surface area contributed by atoms with Gasteiger partial charge in [0.05, 0.1) is 12.5 Å². The molecule has 0 fully saturated rings. The molecule has 0 aliphatic carbocycles. The van der Waals surface area contributed by atoms with Crippen LogP contribution in [0.1, 0.15) is 11.1 Å². The average molecular weight is 158 g/mol. The molecule has 0 radical (unpaired) electrons. The van der Waals surface area contributed by atoms with Gasteiger partial charge < -0.3 is 5.32 Å². The van der Waals surface area contributed by atoms with Gasteiger partial charge in [-0.2, -0.15) is 5.26 Å². The van der Waals surface area contributed by atoms with Crippen molar-refractivity contribution >= 4 is 5.69 Å². The number of fused-ring (bicyclic) bond motifs is 1. The Hall–Kier alpha value is -1.49. The van der Waals surface area contributed by atoms with Gasteiger partial charge in [-0.15, -0.1) is 0 Å². The highest BCUT2D eigenvalue weighted by Crippen LogP contribution is 2.25. The second kappa shape index (κ2) is 2.86. The third-order valence-electron chi connectivity index (χ3n) is 2.23. The summed E-state index contributed by atoms with van der Waals surface area (Å²) in [4.78, 5) is 0. The number of hydrogen-bond donors (Lipinski definition) is 1. The lowest BCUT2D eigenvalue weighted by atomic mass is 10.0. The molecule has 1 N–H and O–H groups in total. The molecule has 0 spiro atoms. The Morgan fingerprint density at radius 2 is 2.42 bits per heavy atom. The molecule has 0 amide bonds. The van der Waals surface area contributed by atoms with Crippen LogP contribution in [0.5, 0.6) is 0 Å². The number of hydrogen-bond acceptors (Lipinski definition) is 2. The number of rotatable bonds is 1. The highest BCUT2D eigenvalue weighted by molar-refractivity contribution is 5.58. The van der Waals surface area contributed by atoms with Crippen LogP contribution in [0.4, 0.5) is 5.69 Å². The van der Waals surface area contributed by atoms with E-state index in [2.05, 4.69) is 17.5 Å². The summed E-state index contributed by atoms with van der Waals surface area (Å²) in [6.45, 7) is 1.01. The fourth-order valence-corrected chi connectivity index (χ4v) is 1.67. The van der Waals surface area contributed by atoms with Crippen molar-refractivity contribution in [2.45, 2.75) is 12.8 Å². The van der Waals surface area contributed by atoms with Gasteiger partial charge in [-0.3, -0.25) is 0 Å². The summed E-state index contributed by atoms with van der Waals surface area (Å²) < 4.78 is 0. The molecule has 1 heterocycles. The number of nitriles is 1. The maximum absolute atomic E-state index is 8.58. The van der Waals surface area contributed by atoms with Crippen LogP contribution in [0.15, 0.2) is 18.2 Å². The summed E-state index contributed by atoms with van der Waals surface area (Å²) in [5.41, 5.74) is 3.72. The van der Waals surface area contributed by atoms with Crippen LogP contribution in [-0.4, -0.2) is 6.54 Å². The Kier molecular flexibility index (Phi) is 1.71. The molecule has 1 aliphatic heterocycles. The smallest absolute Gasteiger partial charge is 0.0669 e. The molecule has 1 aromatic carbocycles. The Bertz CT molecular complexity index is 336. The van der Waals surface area contributed by atoms with Crippen LogP contribution in [-0.2, 0) is 12.8 Å². The third kappa shape index (κ3) is 1.04. The molecule has 2 heteroatoms. The van der Waals surface area contributed by atoms with Crippen molar-refractivity contribution in [3.05, 3.63) is 29.3 Å². The summed E-state index contributed by atoms with van der Waals surface area (Å²) in [5, 5.41) is 11.9. The van der Waals surface area contributed by atoms with Crippen molar-refractivity contribution in [1.82, 2.24) is 0 Å². The van der Waals surface area contributed by atoms with Crippen molar-refractivity contribution in [2.75, 3.05) is 11.9 Å². The van der Waals surface area contributed by atoms with Gasteiger partial charge in [0.25, 0.3) is 0 Å². The number of anilines is 1. The topological polar surface area (TPSA) is 35.8 Å². The molecule has 0 atom stereocenters. The number of nitrogens with one attached hydrogen (secondary N) is 1. The predicted octanol–water partition coefficient (Wildman–Crippen LogP) is 1.72. The van der Waals surface area contributed by atoms with Gasteiger partial charge >= 0.3 is 0 Å². The molecule has 1 aliphatic rings. The first-order chi connectivity index (χ1) is 5.92. The number of benzene rings is 1. The van der Waals surface area contributed by atoms with E-state index in [1.807, 2.05) is 12.1 Å². The van der Waals surface area contributed by atoms with Gasteiger partial charge in [0.15, 0.2) is 0 Å². The van der Waals surface area contributed by atoms with E-state index in [1.165, 1.54) is 16.8 Å². The van der Waals surface area contributed by atoms with Crippen LogP contribution in [0.3, 0.4) is 0 Å². The van der Waals surface area contributed by atoms with Gasteiger partial charge in [-0.1, -0.05) is 12.1 Å². The second-order valence-corrected chi connectivity index (χ2v) is 2.95. The molecule has 1 aromatic rings. The summed E-state index contributed by atoms with van der Waals surface area (Å²) in [7, 11) is 0. The van der Waals surface area contributed by atoms with Crippen molar-refractivity contribution in [3.8, 4) is 6.07 Å². The van der Waals surface area contributed by atoms with Crippen LogP contribution in [0.2, 0.25) is 0 Å². The summed E-state index contributed by atoms with van der Waals surface area (Å²) in [6.07, 6.45) is 1.60. The lowest BCUT2D eigenvalue weighted by Gasteiger charge is -2.02. The summed E-state index contributed by atoms with van der Waals surface area (Å²) >= 11 is 0. The Balaban J connectivity index is 2.44. The number of nitrogens with zero attached hydrogens (tertiary/aromatic N) is 1. The summed E-state index contributed by atoms with van der Waals surface area (Å²) in [6, 6.07) is 8.30. The fraction of sp³-hybridized carbons (Fsp3) is 0.300. The maximum Gasteiger partial charge on any atom is 0.0669 e. The van der Waals surface area contributed by atoms with E-state index < -0.39 is 0 Å². The quantitative estimate of drug-likeness (QED) is 0.675. The molecule has 0 saturated carbocycles. The van der Waals surface area contributed by atoms with Crippen molar-refractivity contribution < 1.29 is 0 Å². The zero-order valence-corrected chi connectivity index (χ0v) is 6.80. The highest BCUT2D eigenvalue weighted by Gasteiger charge is 2.12. The fourth-order valence-electron chi connectivity index (χ4n) is 1.67. The van der Waals surface area contributed by atoms with Crippen molar-refractivity contribution in [1.29, 1.82) is 5.26 Å². The van der Waals surface area contributed by atoms with Gasteiger partial charge in [0.1, 0.15) is 0 Å². The van der Waals surface area contributed by atoms with E-state index in [9.17, 15) is 0 Å². The van der Waals surface area contributed by atoms with E-state index in [-0.39, 0.29) is 0 Å². The first-order valence-corrected chi connectivity index (χ1v) is 4.13. The average Bonchev–Trinajstić information content (AvgIpc) is 2.53. The SMILES string of the molecule is N#CCc1cccc2c1CCN2. The molecular formula is C10H10N2. The largest absolute Gasteiger partial charge is 0.384 e. The second-order valence-electron chi connectivity index (χ2n) is 2.95. The molecule has 0 unspecified atom stereocenters. The molecule has 12 heavy (non-hydrogen) atoms. The molecule has 60 valence electrons. The molecule has 2 nitrogen and oxygen atoms in total. The Morgan fingerprint density at radius 3 is 3.25 bits per heavy atom. The molecule has 0 bridgehead atoms. The molecule has 0 aromatic heterocycles. The molecular weight excluding hydrogens is 148 g/mol. The van der Waals surface area contributed by atoms with E-state index in [0.29, 0.717) is 6.42 Å². The van der Waals surface area contributed by atoms with E-state index in [0.717, 1.165) is 13.0 Å². The van der Waals surface area contributed by atoms with Gasteiger partial charge in [-0.05, 0) is 23.6 Å². The molecule has 0 saturated heterocycles. The first-order valence-electron chi connectivity index (χ1n) is 4.13. The summed E-state index contributed by atoms with van der Waals surface area (Å²) in [5.74, 6) is 0. The monoisotopic (exact) mass is 158 g/mol. The van der Waals surface area contributed by atoms with Crippen molar-refractivity contribution in [2.24, 2.45) is 0 Å². The maximum atomic E-state index is 8.58. The standard InChI is InChI=1S/C10H10N2/c11-6-4-8-2-1-3-10-9(8)5-7-12-10/h1-3,12H,4-5,7H2. The van der Waals surface area contributed by atoms with E-state index in [4.69, 9.17) is 5.26 Å². The minimum atomic E-state index is 0.533. The van der Waals surface area contributed by atoms with Gasteiger partial charge in [0, 0.05) is 12.2 Å². The van der Waals surface area contributed by atoms with E-state index in [1.54, 1.807) is 0 Å². The third-order valence-corrected chi connectivity index (χ3v) is 2.23. The van der Waals surface area contributed by atoms with Crippen molar-refractivity contribution in [3.63, 3.8) is 0 Å². The van der Waals surface area contributed by atoms with Gasteiger partial charge in [-0.25, -0.2) is 0 Å². The van der Waals surface area contributed by atoms with Crippen LogP contribution in [0.25, 0.3) is 0 Å². The Morgan fingerprint density at radius 1 is 1.50 bits per heavy atom. The zero-order valence-electron chi connectivity index (χ0n) is 6.80. The minimum absolute atomic E-state index is 0.533. The van der Waals surface area contributed by atoms with E-state index >= 15 is 0 Å². The molecule has 2 rings (SSSR count). The van der Waals surface area contributed by atoms with Gasteiger partial charge in [0.2, 0.25) is 0 Å². The minimum Gasteiger partial charge on any atom is -0.384 e. The zero-order chi connectivity index (χ0) is 8.39. The highest BCUT2D eigenvalue weighted by atomic mass is 14.9. The Labute approximate surface area is 71.8 Å². The lowest BCUT2D eigenvalue weighted by Crippen LogP contribution is -1.90. The van der Waals surface area contributed by atoms with Crippen LogP contribution >= 0.6 is 0 Å². The first kappa shape index (κ1) is 7.17. The normalized spacial score (nSPS) is 13.2. The lowest BCUT2D eigenvalue weighted by molar-refractivity contribution is 1.07. The predicted molar refractivity (Wildman–Crippen MR) is 48.0 cm³/mol. The van der Waals surface area contributed by atoms with Crippen LogP contribution < -0.4 is 5.32 Å².